The Kier molecular flexibility index (Phi) is 10.1. The van der Waals surface area contributed by atoms with Crippen molar-refractivity contribution >= 4 is 5.97 Å². The van der Waals surface area contributed by atoms with Gasteiger partial charge in [0.05, 0.1) is 17.6 Å². The quantitative estimate of drug-likeness (QED) is 0.217. The van der Waals surface area contributed by atoms with Crippen LogP contribution in [-0.2, 0) is 21.4 Å². The van der Waals surface area contributed by atoms with Gasteiger partial charge < -0.3 is 19.9 Å². The molecule has 0 bridgehead atoms. The topological polar surface area (TPSA) is 95.4 Å². The Labute approximate surface area is 259 Å². The zero-order valence-electron chi connectivity index (χ0n) is 27.2. The van der Waals surface area contributed by atoms with E-state index in [0.29, 0.717) is 37.0 Å². The molecule has 1 aromatic heterocycles. The SMILES string of the molecule is C=C1/C(=C\C=C2/CCC[C@]3(C)[C@@H]([C@H](C)CC[C@H](OC(=O)CCC)C4(c5ncc(CCC)[nH]5)CC4)CC[C@@H]23)C[C@@H](O)C[C@@H]1O. The number of hydrogen-bond donors (Lipinski definition) is 3. The summed E-state index contributed by atoms with van der Waals surface area (Å²) in [5.41, 5.74) is 4.57. The largest absolute Gasteiger partial charge is 0.461 e. The molecule has 1 aromatic rings. The first-order valence-corrected chi connectivity index (χ1v) is 17.3. The van der Waals surface area contributed by atoms with E-state index in [9.17, 15) is 15.0 Å². The molecule has 4 saturated carbocycles. The van der Waals surface area contributed by atoms with Gasteiger partial charge >= 0.3 is 5.97 Å². The number of rotatable bonds is 12. The first-order valence-electron chi connectivity index (χ1n) is 17.3. The summed E-state index contributed by atoms with van der Waals surface area (Å²) in [5, 5.41) is 20.5. The average Bonchev–Trinajstić information content (AvgIpc) is 3.49. The lowest BCUT2D eigenvalue weighted by atomic mass is 9.60. The maximum atomic E-state index is 12.8. The summed E-state index contributed by atoms with van der Waals surface area (Å²) in [5.74, 6) is 2.71. The fourth-order valence-corrected chi connectivity index (χ4v) is 9.02. The lowest BCUT2D eigenvalue weighted by Crippen LogP contribution is -2.37. The fraction of sp³-hybridized carbons (Fsp3) is 0.730. The van der Waals surface area contributed by atoms with E-state index in [0.717, 1.165) is 68.3 Å². The minimum atomic E-state index is -0.646. The molecule has 238 valence electrons. The van der Waals surface area contributed by atoms with Gasteiger partial charge in [-0.3, -0.25) is 4.79 Å². The number of aromatic amines is 1. The lowest BCUT2D eigenvalue weighted by Gasteiger charge is -2.44. The number of nitrogens with zero attached hydrogens (tertiary/aromatic N) is 1. The van der Waals surface area contributed by atoms with Gasteiger partial charge in [-0.25, -0.2) is 4.98 Å². The zero-order chi connectivity index (χ0) is 30.8. The van der Waals surface area contributed by atoms with Crippen LogP contribution >= 0.6 is 0 Å². The van der Waals surface area contributed by atoms with Crippen molar-refractivity contribution in [2.45, 2.75) is 148 Å². The predicted octanol–water partition coefficient (Wildman–Crippen LogP) is 7.66. The lowest BCUT2D eigenvalue weighted by molar-refractivity contribution is -0.151. The van der Waals surface area contributed by atoms with Crippen molar-refractivity contribution in [3.05, 3.63) is 53.2 Å². The Morgan fingerprint density at radius 3 is 2.70 bits per heavy atom. The normalized spacial score (nSPS) is 33.4. The molecule has 0 spiro atoms. The molecule has 6 nitrogen and oxygen atoms in total. The molecule has 0 aliphatic heterocycles. The van der Waals surface area contributed by atoms with Gasteiger partial charge in [0, 0.05) is 24.7 Å². The summed E-state index contributed by atoms with van der Waals surface area (Å²) in [4.78, 5) is 21.2. The number of aryl methyl sites for hydroxylation is 1. The number of ether oxygens (including phenoxy) is 1. The first-order chi connectivity index (χ1) is 20.6. The Morgan fingerprint density at radius 1 is 1.19 bits per heavy atom. The first kappa shape index (κ1) is 32.2. The van der Waals surface area contributed by atoms with Crippen molar-refractivity contribution in [2.24, 2.45) is 23.2 Å². The molecule has 0 amide bonds. The second-order valence-electron chi connectivity index (χ2n) is 14.6. The summed E-state index contributed by atoms with van der Waals surface area (Å²) in [6, 6.07) is 0. The van der Waals surface area contributed by atoms with Gasteiger partial charge in [-0.2, -0.15) is 0 Å². The third kappa shape index (κ3) is 6.76. The number of fused-ring (bicyclic) bond motifs is 1. The van der Waals surface area contributed by atoms with Crippen LogP contribution in [0.1, 0.15) is 129 Å². The summed E-state index contributed by atoms with van der Waals surface area (Å²) < 4.78 is 6.26. The van der Waals surface area contributed by atoms with Gasteiger partial charge in [-0.05, 0) is 111 Å². The predicted molar refractivity (Wildman–Crippen MR) is 171 cm³/mol. The van der Waals surface area contributed by atoms with Gasteiger partial charge in [-0.15, -0.1) is 0 Å². The van der Waals surface area contributed by atoms with Crippen LogP contribution in [0.4, 0.5) is 0 Å². The van der Waals surface area contributed by atoms with E-state index in [2.05, 4.69) is 44.5 Å². The second-order valence-corrected chi connectivity index (χ2v) is 14.6. The molecule has 7 atom stereocenters. The maximum Gasteiger partial charge on any atom is 0.306 e. The monoisotopic (exact) mass is 592 g/mol. The summed E-state index contributed by atoms with van der Waals surface area (Å²) in [7, 11) is 0. The number of carbonyl (C=O) groups is 1. The van der Waals surface area contributed by atoms with Gasteiger partial charge in [-0.1, -0.05) is 58.4 Å². The van der Waals surface area contributed by atoms with Crippen LogP contribution in [0, 0.1) is 23.2 Å². The number of esters is 1. The molecule has 5 rings (SSSR count). The van der Waals surface area contributed by atoms with Crippen molar-refractivity contribution in [3.63, 3.8) is 0 Å². The molecule has 0 aromatic carbocycles. The van der Waals surface area contributed by atoms with E-state index < -0.39 is 12.2 Å². The minimum Gasteiger partial charge on any atom is -0.461 e. The Balaban J connectivity index is 1.28. The third-order valence-corrected chi connectivity index (χ3v) is 11.6. The number of allylic oxidation sites excluding steroid dienone is 3. The smallest absolute Gasteiger partial charge is 0.306 e. The Morgan fingerprint density at radius 2 is 1.98 bits per heavy atom. The molecule has 3 N–H and O–H groups in total. The Bertz CT molecular complexity index is 1210. The maximum absolute atomic E-state index is 12.8. The molecule has 1 heterocycles. The number of aliphatic hydroxyl groups excluding tert-OH is 2. The van der Waals surface area contributed by atoms with Crippen molar-refractivity contribution in [1.29, 1.82) is 0 Å². The Hall–Kier alpha value is -2.18. The molecule has 4 fully saturated rings. The molecule has 4 aliphatic rings. The van der Waals surface area contributed by atoms with E-state index in [-0.39, 0.29) is 22.9 Å². The minimum absolute atomic E-state index is 0.0727. The van der Waals surface area contributed by atoms with Crippen LogP contribution in [-0.4, -0.2) is 44.5 Å². The van der Waals surface area contributed by atoms with E-state index in [1.54, 1.807) is 0 Å². The van der Waals surface area contributed by atoms with Crippen LogP contribution in [0.3, 0.4) is 0 Å². The average molecular weight is 593 g/mol. The summed E-state index contributed by atoms with van der Waals surface area (Å²) >= 11 is 0. The van der Waals surface area contributed by atoms with Crippen molar-refractivity contribution in [3.8, 4) is 0 Å². The van der Waals surface area contributed by atoms with Gasteiger partial charge in [0.1, 0.15) is 11.9 Å². The number of hydrogen-bond acceptors (Lipinski definition) is 5. The molecule has 43 heavy (non-hydrogen) atoms. The number of aliphatic hydroxyl groups is 2. The number of nitrogens with one attached hydrogen (secondary N) is 1. The van der Waals surface area contributed by atoms with E-state index in [1.807, 2.05) is 13.1 Å². The molecule has 0 radical (unpaired) electrons. The molecule has 4 aliphatic carbocycles. The van der Waals surface area contributed by atoms with Crippen LogP contribution in [0.15, 0.2) is 41.6 Å². The summed E-state index contributed by atoms with van der Waals surface area (Å²) in [6.45, 7) is 13.3. The number of imidazole rings is 1. The van der Waals surface area contributed by atoms with Crippen LogP contribution in [0.5, 0.6) is 0 Å². The van der Waals surface area contributed by atoms with Crippen molar-refractivity contribution in [2.75, 3.05) is 0 Å². The number of carbonyl (C=O) groups excluding carboxylic acids is 1. The van der Waals surface area contributed by atoms with Gasteiger partial charge in [0.2, 0.25) is 0 Å². The van der Waals surface area contributed by atoms with E-state index in [4.69, 9.17) is 9.72 Å². The highest BCUT2D eigenvalue weighted by atomic mass is 16.5. The fourth-order valence-electron chi connectivity index (χ4n) is 9.02. The standard InChI is InChI=1S/C37H56N2O4/c1-6-9-28-23-38-35(39-28)37(19-20-37)33(43-34(42)10-7-2)17-12-24(3)30-15-16-31-26(11-8-18-36(30,31)5)13-14-27-21-29(40)22-32(41)25(27)4/h13-14,23-24,29-33,40-41H,4,6-12,15-22H2,1-3,5H3,(H,38,39)/b26-13+,27-14-/t24-,29-,30-,31+,32+,33+,36-/m1/s1. The van der Waals surface area contributed by atoms with E-state index >= 15 is 0 Å². The molecule has 6 heteroatoms. The van der Waals surface area contributed by atoms with Gasteiger partial charge in [0.15, 0.2) is 0 Å². The molecule has 0 unspecified atom stereocenters. The van der Waals surface area contributed by atoms with Crippen molar-refractivity contribution < 1.29 is 19.7 Å². The number of H-pyrrole nitrogens is 1. The molecular formula is C37H56N2O4. The summed E-state index contributed by atoms with van der Waals surface area (Å²) in [6.07, 6.45) is 19.5. The highest BCUT2D eigenvalue weighted by Crippen LogP contribution is 2.60. The highest BCUT2D eigenvalue weighted by molar-refractivity contribution is 5.69. The molecular weight excluding hydrogens is 536 g/mol. The zero-order valence-corrected chi connectivity index (χ0v) is 27.2. The van der Waals surface area contributed by atoms with Crippen LogP contribution < -0.4 is 0 Å². The number of aromatic nitrogens is 2. The third-order valence-electron chi connectivity index (χ3n) is 11.6. The molecule has 0 saturated heterocycles. The highest BCUT2D eigenvalue weighted by Gasteiger charge is 2.56. The second kappa shape index (κ2) is 13.4. The van der Waals surface area contributed by atoms with E-state index in [1.165, 1.54) is 37.0 Å². The van der Waals surface area contributed by atoms with Crippen molar-refractivity contribution in [1.82, 2.24) is 9.97 Å². The van der Waals surface area contributed by atoms with Crippen LogP contribution in [0.25, 0.3) is 0 Å². The van der Waals surface area contributed by atoms with Gasteiger partial charge in [0.25, 0.3) is 0 Å². The van der Waals surface area contributed by atoms with Crippen LogP contribution in [0.2, 0.25) is 0 Å².